The maximum Gasteiger partial charge on any atom is 0.295 e. The second-order valence-corrected chi connectivity index (χ2v) is 5.67. The normalized spacial score (nSPS) is 21.9. The maximum atomic E-state index is 11.2. The fourth-order valence-corrected chi connectivity index (χ4v) is 2.59. The van der Waals surface area contributed by atoms with Gasteiger partial charge in [-0.25, -0.2) is 0 Å². The highest BCUT2D eigenvalue weighted by Gasteiger charge is 2.30. The van der Waals surface area contributed by atoms with Crippen LogP contribution in [0.4, 0.5) is 11.4 Å². The fourth-order valence-electron chi connectivity index (χ4n) is 2.59. The standard InChI is InChI=1S/C14H20N2O3/c1-10-5-4-6-12(13(10)16(17)18)15-11-7-8-19-14(2,3)9-11/h4-6,11,15H,7-9H2,1-3H3. The minimum atomic E-state index is -0.317. The lowest BCUT2D eigenvalue weighted by molar-refractivity contribution is -0.384. The van der Waals surface area contributed by atoms with Crippen LogP contribution in [0.15, 0.2) is 18.2 Å². The molecule has 1 atom stereocenters. The molecule has 1 aliphatic heterocycles. The van der Waals surface area contributed by atoms with Gasteiger partial charge in [0.15, 0.2) is 0 Å². The van der Waals surface area contributed by atoms with Gasteiger partial charge in [0.1, 0.15) is 5.69 Å². The first-order valence-corrected chi connectivity index (χ1v) is 6.53. The number of hydrogen-bond donors (Lipinski definition) is 1. The fraction of sp³-hybridized carbons (Fsp3) is 0.571. The first kappa shape index (κ1) is 13.8. The van der Waals surface area contributed by atoms with Gasteiger partial charge in [-0.1, -0.05) is 12.1 Å². The summed E-state index contributed by atoms with van der Waals surface area (Å²) in [5, 5.41) is 14.5. The predicted octanol–water partition coefficient (Wildman–Crippen LogP) is 3.27. The molecule has 5 nitrogen and oxygen atoms in total. The molecular weight excluding hydrogens is 244 g/mol. The van der Waals surface area contributed by atoms with Gasteiger partial charge in [-0.05, 0) is 39.7 Å². The van der Waals surface area contributed by atoms with E-state index in [1.807, 2.05) is 19.9 Å². The van der Waals surface area contributed by atoms with Crippen LogP contribution >= 0.6 is 0 Å². The summed E-state index contributed by atoms with van der Waals surface area (Å²) in [7, 11) is 0. The molecule has 1 heterocycles. The Morgan fingerprint density at radius 1 is 1.47 bits per heavy atom. The number of nitrogens with one attached hydrogen (secondary N) is 1. The number of hydrogen-bond acceptors (Lipinski definition) is 4. The Morgan fingerprint density at radius 3 is 2.84 bits per heavy atom. The van der Waals surface area contributed by atoms with Crippen LogP contribution in [0.5, 0.6) is 0 Å². The first-order chi connectivity index (χ1) is 8.89. The van der Waals surface area contributed by atoms with Crippen LogP contribution in [0.2, 0.25) is 0 Å². The van der Waals surface area contributed by atoms with Crippen molar-refractivity contribution in [1.82, 2.24) is 0 Å². The molecular formula is C14H20N2O3. The highest BCUT2D eigenvalue weighted by atomic mass is 16.6. The van der Waals surface area contributed by atoms with E-state index in [0.29, 0.717) is 17.9 Å². The van der Waals surface area contributed by atoms with Crippen molar-refractivity contribution in [3.63, 3.8) is 0 Å². The number of nitro benzene ring substituents is 1. The van der Waals surface area contributed by atoms with Crippen LogP contribution in [-0.4, -0.2) is 23.2 Å². The second-order valence-electron chi connectivity index (χ2n) is 5.67. The minimum absolute atomic E-state index is 0.172. The van der Waals surface area contributed by atoms with E-state index in [4.69, 9.17) is 4.74 Å². The molecule has 0 aromatic heterocycles. The zero-order valence-electron chi connectivity index (χ0n) is 11.6. The number of benzene rings is 1. The second kappa shape index (κ2) is 5.17. The van der Waals surface area contributed by atoms with Gasteiger partial charge in [0.2, 0.25) is 0 Å². The molecule has 0 saturated carbocycles. The van der Waals surface area contributed by atoms with E-state index in [1.165, 1.54) is 0 Å². The highest BCUT2D eigenvalue weighted by molar-refractivity contribution is 5.65. The van der Waals surface area contributed by atoms with Crippen molar-refractivity contribution in [2.24, 2.45) is 0 Å². The quantitative estimate of drug-likeness (QED) is 0.672. The van der Waals surface area contributed by atoms with Gasteiger partial charge in [0.25, 0.3) is 5.69 Å². The molecule has 1 aliphatic rings. The smallest absolute Gasteiger partial charge is 0.295 e. The van der Waals surface area contributed by atoms with Gasteiger partial charge in [-0.3, -0.25) is 10.1 Å². The molecule has 1 saturated heterocycles. The summed E-state index contributed by atoms with van der Waals surface area (Å²) in [6, 6.07) is 5.59. The molecule has 1 unspecified atom stereocenters. The average Bonchev–Trinajstić information content (AvgIpc) is 2.26. The van der Waals surface area contributed by atoms with Crippen LogP contribution < -0.4 is 5.32 Å². The van der Waals surface area contributed by atoms with Crippen molar-refractivity contribution in [1.29, 1.82) is 0 Å². The van der Waals surface area contributed by atoms with Crippen LogP contribution in [0, 0.1) is 17.0 Å². The largest absolute Gasteiger partial charge is 0.377 e. The van der Waals surface area contributed by atoms with E-state index in [1.54, 1.807) is 19.1 Å². The molecule has 0 spiro atoms. The number of aryl methyl sites for hydroxylation is 1. The maximum absolute atomic E-state index is 11.2. The van der Waals surface area contributed by atoms with Crippen molar-refractivity contribution in [2.45, 2.75) is 45.3 Å². The molecule has 1 fully saturated rings. The van der Waals surface area contributed by atoms with Crippen LogP contribution in [0.25, 0.3) is 0 Å². The van der Waals surface area contributed by atoms with Gasteiger partial charge < -0.3 is 10.1 Å². The number of anilines is 1. The average molecular weight is 264 g/mol. The Morgan fingerprint density at radius 2 is 2.21 bits per heavy atom. The molecule has 0 radical (unpaired) electrons. The summed E-state index contributed by atoms with van der Waals surface area (Å²) in [6.45, 7) is 6.54. The van der Waals surface area contributed by atoms with Crippen LogP contribution in [-0.2, 0) is 4.74 Å². The summed E-state index contributed by atoms with van der Waals surface area (Å²) in [4.78, 5) is 10.8. The van der Waals surface area contributed by atoms with Gasteiger partial charge in [0.05, 0.1) is 10.5 Å². The lowest BCUT2D eigenvalue weighted by Gasteiger charge is -2.36. The van der Waals surface area contributed by atoms with E-state index in [0.717, 1.165) is 12.8 Å². The Labute approximate surface area is 113 Å². The zero-order valence-corrected chi connectivity index (χ0v) is 11.6. The Kier molecular flexibility index (Phi) is 3.75. The molecule has 104 valence electrons. The topological polar surface area (TPSA) is 64.4 Å². The number of nitrogens with zero attached hydrogens (tertiary/aromatic N) is 1. The zero-order chi connectivity index (χ0) is 14.0. The van der Waals surface area contributed by atoms with Gasteiger partial charge >= 0.3 is 0 Å². The van der Waals surface area contributed by atoms with E-state index >= 15 is 0 Å². The Balaban J connectivity index is 2.19. The highest BCUT2D eigenvalue weighted by Crippen LogP contribution is 2.32. The van der Waals surface area contributed by atoms with Crippen molar-refractivity contribution in [3.8, 4) is 0 Å². The lowest BCUT2D eigenvalue weighted by Crippen LogP contribution is -2.40. The molecule has 0 amide bonds. The molecule has 2 rings (SSSR count). The summed E-state index contributed by atoms with van der Waals surface area (Å²) >= 11 is 0. The molecule has 1 aromatic rings. The van der Waals surface area contributed by atoms with Crippen LogP contribution in [0.1, 0.15) is 32.3 Å². The third-order valence-corrected chi connectivity index (χ3v) is 3.48. The van der Waals surface area contributed by atoms with Gasteiger partial charge in [-0.2, -0.15) is 0 Å². The van der Waals surface area contributed by atoms with Crippen molar-refractivity contribution >= 4 is 11.4 Å². The summed E-state index contributed by atoms with van der Waals surface area (Å²) in [5.74, 6) is 0. The van der Waals surface area contributed by atoms with Crippen LogP contribution in [0.3, 0.4) is 0 Å². The monoisotopic (exact) mass is 264 g/mol. The lowest BCUT2D eigenvalue weighted by atomic mass is 9.93. The molecule has 0 aliphatic carbocycles. The number of ether oxygens (including phenoxy) is 1. The predicted molar refractivity (Wildman–Crippen MR) is 74.5 cm³/mol. The van der Waals surface area contributed by atoms with E-state index in [2.05, 4.69) is 5.32 Å². The number of para-hydroxylation sites is 1. The SMILES string of the molecule is Cc1cccc(NC2CCOC(C)(C)C2)c1[N+](=O)[O-]. The molecule has 0 bridgehead atoms. The van der Waals surface area contributed by atoms with Crippen molar-refractivity contribution in [2.75, 3.05) is 11.9 Å². The van der Waals surface area contributed by atoms with Crippen molar-refractivity contribution < 1.29 is 9.66 Å². The molecule has 1 N–H and O–H groups in total. The minimum Gasteiger partial charge on any atom is -0.377 e. The summed E-state index contributed by atoms with van der Waals surface area (Å²) in [6.07, 6.45) is 1.71. The van der Waals surface area contributed by atoms with E-state index in [9.17, 15) is 10.1 Å². The molecule has 1 aromatic carbocycles. The summed E-state index contributed by atoms with van der Waals surface area (Å²) in [5.41, 5.74) is 1.29. The first-order valence-electron chi connectivity index (χ1n) is 6.53. The third kappa shape index (κ3) is 3.23. The summed E-state index contributed by atoms with van der Waals surface area (Å²) < 4.78 is 5.66. The van der Waals surface area contributed by atoms with E-state index in [-0.39, 0.29) is 22.3 Å². The Hall–Kier alpha value is -1.62. The number of nitro groups is 1. The Bertz CT molecular complexity index is 486. The van der Waals surface area contributed by atoms with Gasteiger partial charge in [-0.15, -0.1) is 0 Å². The third-order valence-electron chi connectivity index (χ3n) is 3.48. The molecule has 5 heteroatoms. The van der Waals surface area contributed by atoms with E-state index < -0.39 is 0 Å². The van der Waals surface area contributed by atoms with Crippen molar-refractivity contribution in [3.05, 3.63) is 33.9 Å². The number of rotatable bonds is 3. The molecule has 19 heavy (non-hydrogen) atoms. The van der Waals surface area contributed by atoms with Gasteiger partial charge in [0, 0.05) is 18.2 Å².